The van der Waals surface area contributed by atoms with Crippen LogP contribution in [-0.4, -0.2) is 15.8 Å². The summed E-state index contributed by atoms with van der Waals surface area (Å²) in [6, 6.07) is 13.8. The van der Waals surface area contributed by atoms with Crippen LogP contribution in [0.25, 0.3) is 10.9 Å². The number of aromatic nitrogens is 2. The lowest BCUT2D eigenvalue weighted by molar-refractivity contribution is 0.252. The Morgan fingerprint density at radius 2 is 1.87 bits per heavy atom. The van der Waals surface area contributed by atoms with Crippen LogP contribution in [0, 0.1) is 0 Å². The summed E-state index contributed by atoms with van der Waals surface area (Å²) in [5, 5.41) is 10.9. The van der Waals surface area contributed by atoms with Crippen molar-refractivity contribution in [3.05, 3.63) is 59.8 Å². The van der Waals surface area contributed by atoms with Crippen LogP contribution in [0.3, 0.4) is 0 Å². The maximum atomic E-state index is 12.1. The van der Waals surface area contributed by atoms with Gasteiger partial charge in [-0.2, -0.15) is 5.10 Å². The van der Waals surface area contributed by atoms with Crippen LogP contribution in [0.15, 0.2) is 48.7 Å². The molecule has 23 heavy (non-hydrogen) atoms. The summed E-state index contributed by atoms with van der Waals surface area (Å²) < 4.78 is 1.79. The van der Waals surface area contributed by atoms with E-state index in [-0.39, 0.29) is 6.03 Å². The number of anilines is 1. The van der Waals surface area contributed by atoms with Crippen molar-refractivity contribution in [1.29, 1.82) is 0 Å². The van der Waals surface area contributed by atoms with Crippen LogP contribution in [-0.2, 0) is 20.0 Å². The van der Waals surface area contributed by atoms with Crippen LogP contribution in [0.4, 0.5) is 10.5 Å². The SMILES string of the molecule is CCc1ccc(CNC(=O)Nc2cccc3c2cnn3C)cc1. The Morgan fingerprint density at radius 1 is 1.13 bits per heavy atom. The number of benzene rings is 2. The van der Waals surface area contributed by atoms with E-state index in [0.29, 0.717) is 6.54 Å². The summed E-state index contributed by atoms with van der Waals surface area (Å²) in [5.41, 5.74) is 4.12. The van der Waals surface area contributed by atoms with Gasteiger partial charge in [0.05, 0.1) is 17.4 Å². The third kappa shape index (κ3) is 3.34. The molecule has 0 spiro atoms. The predicted octanol–water partition coefficient (Wildman–Crippen LogP) is 3.46. The lowest BCUT2D eigenvalue weighted by Crippen LogP contribution is -2.28. The zero-order chi connectivity index (χ0) is 16.2. The largest absolute Gasteiger partial charge is 0.334 e. The van der Waals surface area contributed by atoms with Crippen molar-refractivity contribution in [2.75, 3.05) is 5.32 Å². The number of amides is 2. The zero-order valence-electron chi connectivity index (χ0n) is 13.3. The van der Waals surface area contributed by atoms with Gasteiger partial charge in [-0.3, -0.25) is 4.68 Å². The van der Waals surface area contributed by atoms with E-state index in [9.17, 15) is 4.79 Å². The molecule has 5 nitrogen and oxygen atoms in total. The Labute approximate surface area is 135 Å². The van der Waals surface area contributed by atoms with Crippen LogP contribution in [0.5, 0.6) is 0 Å². The Morgan fingerprint density at radius 3 is 2.61 bits per heavy atom. The molecule has 0 aliphatic heterocycles. The molecule has 118 valence electrons. The second-order valence-corrected chi connectivity index (χ2v) is 5.48. The van der Waals surface area contributed by atoms with Crippen LogP contribution >= 0.6 is 0 Å². The molecular formula is C18H20N4O. The average molecular weight is 308 g/mol. The minimum atomic E-state index is -0.221. The maximum Gasteiger partial charge on any atom is 0.319 e. The number of hydrogen-bond donors (Lipinski definition) is 2. The molecule has 3 aromatic rings. The van der Waals surface area contributed by atoms with Crippen LogP contribution in [0.1, 0.15) is 18.1 Å². The molecule has 5 heteroatoms. The highest BCUT2D eigenvalue weighted by Crippen LogP contribution is 2.22. The fourth-order valence-corrected chi connectivity index (χ4v) is 2.53. The molecule has 0 saturated heterocycles. The molecule has 0 aliphatic carbocycles. The lowest BCUT2D eigenvalue weighted by Gasteiger charge is -2.09. The second-order valence-electron chi connectivity index (χ2n) is 5.48. The lowest BCUT2D eigenvalue weighted by atomic mass is 10.1. The monoisotopic (exact) mass is 308 g/mol. The Bertz CT molecular complexity index is 821. The molecule has 0 bridgehead atoms. The van der Waals surface area contributed by atoms with Gasteiger partial charge in [0.1, 0.15) is 0 Å². The van der Waals surface area contributed by atoms with Gasteiger partial charge in [0.15, 0.2) is 0 Å². The van der Waals surface area contributed by atoms with Gasteiger partial charge in [0.2, 0.25) is 0 Å². The minimum Gasteiger partial charge on any atom is -0.334 e. The number of nitrogens with zero attached hydrogens (tertiary/aromatic N) is 2. The summed E-state index contributed by atoms with van der Waals surface area (Å²) >= 11 is 0. The smallest absolute Gasteiger partial charge is 0.319 e. The summed E-state index contributed by atoms with van der Waals surface area (Å²) in [7, 11) is 1.88. The van der Waals surface area contributed by atoms with E-state index in [4.69, 9.17) is 0 Å². The van der Waals surface area contributed by atoms with Crippen molar-refractivity contribution in [2.24, 2.45) is 7.05 Å². The minimum absolute atomic E-state index is 0.221. The first-order valence-corrected chi connectivity index (χ1v) is 7.70. The van der Waals surface area contributed by atoms with Crippen molar-refractivity contribution in [3.63, 3.8) is 0 Å². The number of rotatable bonds is 4. The highest BCUT2D eigenvalue weighted by Gasteiger charge is 2.08. The van der Waals surface area contributed by atoms with Gasteiger partial charge in [0, 0.05) is 19.0 Å². The molecule has 0 atom stereocenters. The fraction of sp³-hybridized carbons (Fsp3) is 0.222. The molecule has 0 unspecified atom stereocenters. The van der Waals surface area contributed by atoms with Gasteiger partial charge in [-0.05, 0) is 29.7 Å². The van der Waals surface area contributed by atoms with E-state index in [1.54, 1.807) is 10.9 Å². The van der Waals surface area contributed by atoms with E-state index < -0.39 is 0 Å². The number of nitrogens with one attached hydrogen (secondary N) is 2. The molecule has 2 aromatic carbocycles. The number of carbonyl (C=O) groups excluding carboxylic acids is 1. The van der Waals surface area contributed by atoms with Gasteiger partial charge in [-0.15, -0.1) is 0 Å². The molecule has 3 rings (SSSR count). The summed E-state index contributed by atoms with van der Waals surface area (Å²) in [6.45, 7) is 2.62. The average Bonchev–Trinajstić information content (AvgIpc) is 2.96. The topological polar surface area (TPSA) is 59.0 Å². The number of carbonyl (C=O) groups is 1. The van der Waals surface area contributed by atoms with E-state index >= 15 is 0 Å². The number of aryl methyl sites for hydroxylation is 2. The maximum absolute atomic E-state index is 12.1. The molecule has 1 heterocycles. The van der Waals surface area contributed by atoms with Gasteiger partial charge < -0.3 is 10.6 Å². The predicted molar refractivity (Wildman–Crippen MR) is 92.4 cm³/mol. The molecule has 1 aromatic heterocycles. The van der Waals surface area contributed by atoms with Gasteiger partial charge in [-0.1, -0.05) is 37.3 Å². The number of hydrogen-bond acceptors (Lipinski definition) is 2. The zero-order valence-corrected chi connectivity index (χ0v) is 13.3. The second kappa shape index (κ2) is 6.52. The fourth-order valence-electron chi connectivity index (χ4n) is 2.53. The Hall–Kier alpha value is -2.82. The third-order valence-corrected chi connectivity index (χ3v) is 3.92. The Balaban J connectivity index is 1.64. The van der Waals surface area contributed by atoms with E-state index in [2.05, 4.69) is 34.8 Å². The highest BCUT2D eigenvalue weighted by atomic mass is 16.2. The molecule has 0 fully saturated rings. The highest BCUT2D eigenvalue weighted by molar-refractivity contribution is 6.00. The van der Waals surface area contributed by atoms with Gasteiger partial charge in [0.25, 0.3) is 0 Å². The molecule has 0 radical (unpaired) electrons. The molecular weight excluding hydrogens is 288 g/mol. The van der Waals surface area contributed by atoms with E-state index in [1.165, 1.54) is 5.56 Å². The third-order valence-electron chi connectivity index (χ3n) is 3.92. The van der Waals surface area contributed by atoms with Crippen molar-refractivity contribution < 1.29 is 4.79 Å². The normalized spacial score (nSPS) is 10.7. The summed E-state index contributed by atoms with van der Waals surface area (Å²) in [5.74, 6) is 0. The van der Waals surface area contributed by atoms with Crippen LogP contribution < -0.4 is 10.6 Å². The number of urea groups is 1. The van der Waals surface area contributed by atoms with Crippen molar-refractivity contribution >= 4 is 22.6 Å². The van der Waals surface area contributed by atoms with Crippen molar-refractivity contribution in [1.82, 2.24) is 15.1 Å². The first kappa shape index (κ1) is 15.1. The molecule has 0 saturated carbocycles. The first-order chi connectivity index (χ1) is 11.2. The van der Waals surface area contributed by atoms with Crippen LogP contribution in [0.2, 0.25) is 0 Å². The summed E-state index contributed by atoms with van der Waals surface area (Å²) in [6.07, 6.45) is 2.78. The van der Waals surface area contributed by atoms with Gasteiger partial charge in [-0.25, -0.2) is 4.79 Å². The quantitative estimate of drug-likeness (QED) is 0.775. The summed E-state index contributed by atoms with van der Waals surface area (Å²) in [4.78, 5) is 12.1. The molecule has 2 amide bonds. The molecule has 0 aliphatic rings. The molecule has 2 N–H and O–H groups in total. The Kier molecular flexibility index (Phi) is 4.28. The van der Waals surface area contributed by atoms with Crippen molar-refractivity contribution in [2.45, 2.75) is 19.9 Å². The van der Waals surface area contributed by atoms with E-state index in [0.717, 1.165) is 28.6 Å². The number of fused-ring (bicyclic) bond motifs is 1. The van der Waals surface area contributed by atoms with E-state index in [1.807, 2.05) is 37.4 Å². The first-order valence-electron chi connectivity index (χ1n) is 7.70. The standard InChI is InChI=1S/C18H20N4O/c1-3-13-7-9-14(10-8-13)11-19-18(23)21-16-5-4-6-17-15(16)12-20-22(17)2/h4-10,12H,3,11H2,1-2H3,(H2,19,21,23). The van der Waals surface area contributed by atoms with Crippen molar-refractivity contribution in [3.8, 4) is 0 Å². The van der Waals surface area contributed by atoms with Gasteiger partial charge >= 0.3 is 6.03 Å².